The smallest absolute Gasteiger partial charge is 0.149 e. The van der Waals surface area contributed by atoms with Gasteiger partial charge in [0.15, 0.2) is 0 Å². The zero-order valence-electron chi connectivity index (χ0n) is 11.0. The van der Waals surface area contributed by atoms with Crippen molar-refractivity contribution in [2.45, 2.75) is 26.2 Å². The molecule has 0 saturated carbocycles. The average Bonchev–Trinajstić information content (AvgIpc) is 2.85. The summed E-state index contributed by atoms with van der Waals surface area (Å²) in [6.07, 6.45) is 0. The molecule has 3 nitrogen and oxygen atoms in total. The summed E-state index contributed by atoms with van der Waals surface area (Å²) >= 11 is 1.78. The third-order valence-corrected chi connectivity index (χ3v) is 4.19. The number of aryl methyl sites for hydroxylation is 1. The van der Waals surface area contributed by atoms with Crippen LogP contribution in [-0.4, -0.2) is 11.5 Å². The van der Waals surface area contributed by atoms with E-state index in [1.54, 1.807) is 11.3 Å². The van der Waals surface area contributed by atoms with Crippen molar-refractivity contribution in [1.29, 1.82) is 0 Å². The maximum absolute atomic E-state index is 5.92. The number of thiophene rings is 1. The highest BCUT2D eigenvalue weighted by Crippen LogP contribution is 2.28. The van der Waals surface area contributed by atoms with Gasteiger partial charge < -0.3 is 11.1 Å². The van der Waals surface area contributed by atoms with Gasteiger partial charge in [0.05, 0.1) is 5.69 Å². The maximum atomic E-state index is 5.92. The number of hydrogen-bond donors (Lipinski definition) is 2. The number of nitrogen functional groups attached to an aromatic ring is 1. The lowest BCUT2D eigenvalue weighted by Crippen LogP contribution is -2.27. The van der Waals surface area contributed by atoms with E-state index in [0.29, 0.717) is 5.69 Å². The van der Waals surface area contributed by atoms with Gasteiger partial charge in [-0.2, -0.15) is 0 Å². The van der Waals surface area contributed by atoms with E-state index in [9.17, 15) is 0 Å². The molecule has 0 amide bonds. The molecule has 4 heteroatoms. The highest BCUT2D eigenvalue weighted by Gasteiger charge is 2.21. The first-order valence-electron chi connectivity index (χ1n) is 6.00. The van der Waals surface area contributed by atoms with E-state index in [1.807, 2.05) is 19.1 Å². The molecule has 96 valence electrons. The van der Waals surface area contributed by atoms with Crippen LogP contribution in [0.15, 0.2) is 29.6 Å². The van der Waals surface area contributed by atoms with Gasteiger partial charge in [-0.15, -0.1) is 11.3 Å². The number of rotatable bonds is 4. The van der Waals surface area contributed by atoms with Crippen LogP contribution in [-0.2, 0) is 5.41 Å². The van der Waals surface area contributed by atoms with Crippen molar-refractivity contribution in [2.24, 2.45) is 0 Å². The molecule has 0 bridgehead atoms. The molecule has 0 aromatic carbocycles. The largest absolute Gasteiger partial charge is 0.396 e. The summed E-state index contributed by atoms with van der Waals surface area (Å²) in [5.41, 5.74) is 7.66. The SMILES string of the molecule is Cc1ccc(N)c(NCC(C)(C)c2cccs2)n1. The Hall–Kier alpha value is -1.55. The summed E-state index contributed by atoms with van der Waals surface area (Å²) < 4.78 is 0. The molecule has 0 aliphatic heterocycles. The van der Waals surface area contributed by atoms with Crippen molar-refractivity contribution in [1.82, 2.24) is 4.98 Å². The molecule has 0 fully saturated rings. The van der Waals surface area contributed by atoms with Crippen LogP contribution < -0.4 is 11.1 Å². The van der Waals surface area contributed by atoms with Crippen LogP contribution in [0, 0.1) is 6.92 Å². The van der Waals surface area contributed by atoms with Gasteiger partial charge in [-0.3, -0.25) is 0 Å². The van der Waals surface area contributed by atoms with Gasteiger partial charge >= 0.3 is 0 Å². The minimum atomic E-state index is 0.0754. The van der Waals surface area contributed by atoms with Gasteiger partial charge in [0.25, 0.3) is 0 Å². The molecule has 0 spiro atoms. The Labute approximate surface area is 112 Å². The standard InChI is InChI=1S/C14H19N3S/c1-10-6-7-11(15)13(17-10)16-9-14(2,3)12-5-4-8-18-12/h4-8H,9,15H2,1-3H3,(H,16,17). The fraction of sp³-hybridized carbons (Fsp3) is 0.357. The van der Waals surface area contributed by atoms with Crippen LogP contribution in [0.4, 0.5) is 11.5 Å². The molecule has 2 aromatic rings. The predicted octanol–water partition coefficient (Wildman–Crippen LogP) is 3.42. The molecule has 18 heavy (non-hydrogen) atoms. The van der Waals surface area contributed by atoms with Crippen molar-refractivity contribution in [3.63, 3.8) is 0 Å². The number of pyridine rings is 1. The molecule has 0 aliphatic rings. The molecular formula is C14H19N3S. The topological polar surface area (TPSA) is 50.9 Å². The Balaban J connectivity index is 2.09. The van der Waals surface area contributed by atoms with E-state index in [1.165, 1.54) is 4.88 Å². The third kappa shape index (κ3) is 2.82. The minimum Gasteiger partial charge on any atom is -0.396 e. The maximum Gasteiger partial charge on any atom is 0.149 e. The van der Waals surface area contributed by atoms with Gasteiger partial charge in [0.1, 0.15) is 5.82 Å². The third-order valence-electron chi connectivity index (χ3n) is 2.95. The van der Waals surface area contributed by atoms with E-state index < -0.39 is 0 Å². The van der Waals surface area contributed by atoms with Crippen LogP contribution in [0.2, 0.25) is 0 Å². The van der Waals surface area contributed by atoms with Gasteiger partial charge in [-0.25, -0.2) is 4.98 Å². The molecule has 3 N–H and O–H groups in total. The van der Waals surface area contributed by atoms with Crippen LogP contribution in [0.25, 0.3) is 0 Å². The lowest BCUT2D eigenvalue weighted by molar-refractivity contribution is 0.568. The first-order valence-corrected chi connectivity index (χ1v) is 6.88. The number of hydrogen-bond acceptors (Lipinski definition) is 4. The predicted molar refractivity (Wildman–Crippen MR) is 79.2 cm³/mol. The Bertz CT molecular complexity index is 518. The number of anilines is 2. The normalized spacial score (nSPS) is 11.5. The van der Waals surface area contributed by atoms with E-state index in [0.717, 1.165) is 18.1 Å². The van der Waals surface area contributed by atoms with E-state index in [-0.39, 0.29) is 5.41 Å². The molecule has 0 unspecified atom stereocenters. The lowest BCUT2D eigenvalue weighted by Gasteiger charge is -2.24. The molecule has 0 atom stereocenters. The second kappa shape index (κ2) is 4.98. The fourth-order valence-electron chi connectivity index (χ4n) is 1.76. The van der Waals surface area contributed by atoms with Gasteiger partial charge in [-0.1, -0.05) is 19.9 Å². The molecule has 0 aliphatic carbocycles. The molecule has 2 rings (SSSR count). The Morgan fingerprint density at radius 3 is 2.78 bits per heavy atom. The Kier molecular flexibility index (Phi) is 3.57. The lowest BCUT2D eigenvalue weighted by atomic mass is 9.91. The highest BCUT2D eigenvalue weighted by molar-refractivity contribution is 7.10. The Morgan fingerprint density at radius 1 is 1.33 bits per heavy atom. The van der Waals surface area contributed by atoms with Crippen LogP contribution in [0.1, 0.15) is 24.4 Å². The van der Waals surface area contributed by atoms with Gasteiger partial charge in [-0.05, 0) is 30.5 Å². The summed E-state index contributed by atoms with van der Waals surface area (Å²) in [4.78, 5) is 5.79. The number of aromatic nitrogens is 1. The van der Waals surface area contributed by atoms with Crippen molar-refractivity contribution < 1.29 is 0 Å². The van der Waals surface area contributed by atoms with Crippen molar-refractivity contribution in [3.05, 3.63) is 40.2 Å². The first-order chi connectivity index (χ1) is 8.49. The second-order valence-corrected chi connectivity index (χ2v) is 6.05. The molecule has 0 radical (unpaired) electrons. The molecule has 2 heterocycles. The molecule has 0 saturated heterocycles. The van der Waals surface area contributed by atoms with Crippen molar-refractivity contribution in [3.8, 4) is 0 Å². The van der Waals surface area contributed by atoms with Crippen LogP contribution >= 0.6 is 11.3 Å². The van der Waals surface area contributed by atoms with E-state index in [2.05, 4.69) is 41.7 Å². The van der Waals surface area contributed by atoms with Crippen molar-refractivity contribution >= 4 is 22.8 Å². The van der Waals surface area contributed by atoms with Crippen LogP contribution in [0.5, 0.6) is 0 Å². The summed E-state index contributed by atoms with van der Waals surface area (Å²) in [6.45, 7) is 7.22. The molecule has 2 aromatic heterocycles. The zero-order chi connectivity index (χ0) is 13.2. The molecular weight excluding hydrogens is 242 g/mol. The monoisotopic (exact) mass is 261 g/mol. The summed E-state index contributed by atoms with van der Waals surface area (Å²) in [5, 5.41) is 5.46. The second-order valence-electron chi connectivity index (χ2n) is 5.11. The van der Waals surface area contributed by atoms with E-state index in [4.69, 9.17) is 5.73 Å². The number of nitrogens with two attached hydrogens (primary N) is 1. The Morgan fingerprint density at radius 2 is 2.11 bits per heavy atom. The summed E-state index contributed by atoms with van der Waals surface area (Å²) in [7, 11) is 0. The fourth-order valence-corrected chi connectivity index (χ4v) is 2.62. The average molecular weight is 261 g/mol. The van der Waals surface area contributed by atoms with Gasteiger partial charge in [0.2, 0.25) is 0 Å². The van der Waals surface area contributed by atoms with E-state index >= 15 is 0 Å². The quantitative estimate of drug-likeness (QED) is 0.886. The van der Waals surface area contributed by atoms with Crippen molar-refractivity contribution in [2.75, 3.05) is 17.6 Å². The first kappa shape index (κ1) is 12.9. The minimum absolute atomic E-state index is 0.0754. The number of nitrogens with one attached hydrogen (secondary N) is 1. The zero-order valence-corrected chi connectivity index (χ0v) is 11.8. The van der Waals surface area contributed by atoms with Crippen LogP contribution in [0.3, 0.4) is 0 Å². The highest BCUT2D eigenvalue weighted by atomic mass is 32.1. The number of nitrogens with zero attached hydrogens (tertiary/aromatic N) is 1. The summed E-state index contributed by atoms with van der Waals surface area (Å²) in [5.74, 6) is 0.777. The summed E-state index contributed by atoms with van der Waals surface area (Å²) in [6, 6.07) is 8.06. The van der Waals surface area contributed by atoms with Gasteiger partial charge in [0, 0.05) is 22.5 Å².